The van der Waals surface area contributed by atoms with Crippen LogP contribution in [-0.2, 0) is 0 Å². The van der Waals surface area contributed by atoms with Gasteiger partial charge in [0.2, 0.25) is 0 Å². The summed E-state index contributed by atoms with van der Waals surface area (Å²) in [7, 11) is 0. The fourth-order valence-electron chi connectivity index (χ4n) is 1.65. The number of rotatable bonds is 5. The molecule has 0 aliphatic carbocycles. The van der Waals surface area contributed by atoms with E-state index in [0.29, 0.717) is 10.9 Å². The van der Waals surface area contributed by atoms with Gasteiger partial charge in [0, 0.05) is 10.1 Å². The second kappa shape index (κ2) is 7.04. The Morgan fingerprint density at radius 3 is 1.86 bits per heavy atom. The lowest BCUT2D eigenvalue weighted by Gasteiger charge is -2.03. The summed E-state index contributed by atoms with van der Waals surface area (Å²) in [5.74, 6) is -0.947. The minimum Gasteiger partial charge on any atom is -0.478 e. The summed E-state index contributed by atoms with van der Waals surface area (Å²) in [6.45, 7) is 4.30. The molecule has 0 bridgehead atoms. The van der Waals surface area contributed by atoms with Crippen molar-refractivity contribution in [1.29, 1.82) is 0 Å². The minimum absolute atomic E-state index is 0.240. The maximum Gasteiger partial charge on any atom is 0.335 e. The van der Waals surface area contributed by atoms with Crippen molar-refractivity contribution < 1.29 is 9.90 Å². The fourth-order valence-corrected chi connectivity index (χ4v) is 2.49. The monoisotopic (exact) mass is 300 g/mol. The van der Waals surface area contributed by atoms with E-state index in [1.807, 2.05) is 24.3 Å². The molecule has 108 valence electrons. The highest BCUT2D eigenvalue weighted by atomic mass is 32.2. The zero-order valence-electron chi connectivity index (χ0n) is 11.9. The van der Waals surface area contributed by atoms with E-state index in [4.69, 9.17) is 5.11 Å². The van der Waals surface area contributed by atoms with Gasteiger partial charge >= 0.3 is 5.97 Å². The first kappa shape index (κ1) is 15.3. The molecule has 2 aromatic carbocycles. The van der Waals surface area contributed by atoms with Gasteiger partial charge in [-0.15, -0.1) is 11.8 Å². The van der Waals surface area contributed by atoms with Gasteiger partial charge in [-0.1, -0.05) is 13.8 Å². The molecular formula is C16H16N2O2S. The van der Waals surface area contributed by atoms with E-state index in [-0.39, 0.29) is 5.56 Å². The van der Waals surface area contributed by atoms with Crippen LogP contribution in [0.4, 0.5) is 11.4 Å². The molecule has 4 nitrogen and oxygen atoms in total. The Morgan fingerprint density at radius 1 is 0.952 bits per heavy atom. The van der Waals surface area contributed by atoms with Crippen LogP contribution in [0.3, 0.4) is 0 Å². The van der Waals surface area contributed by atoms with Crippen molar-refractivity contribution in [2.45, 2.75) is 24.0 Å². The average Bonchev–Trinajstić information content (AvgIpc) is 2.46. The van der Waals surface area contributed by atoms with Crippen LogP contribution < -0.4 is 0 Å². The predicted molar refractivity (Wildman–Crippen MR) is 85.0 cm³/mol. The second-order valence-corrected chi connectivity index (χ2v) is 6.36. The summed E-state index contributed by atoms with van der Waals surface area (Å²) in [6.07, 6.45) is 0. The van der Waals surface area contributed by atoms with E-state index >= 15 is 0 Å². The summed E-state index contributed by atoms with van der Waals surface area (Å²) in [5, 5.41) is 17.6. The molecule has 2 rings (SSSR count). The summed E-state index contributed by atoms with van der Waals surface area (Å²) in [6, 6.07) is 14.2. The van der Waals surface area contributed by atoms with Crippen LogP contribution in [0, 0.1) is 0 Å². The molecule has 0 unspecified atom stereocenters. The standard InChI is InChI=1S/C16H16N2O2S/c1-11(2)21-15-9-7-14(8-10-15)18-17-13-5-3-12(4-6-13)16(19)20/h3-11H,1-2H3,(H,19,20). The van der Waals surface area contributed by atoms with Gasteiger partial charge in [-0.3, -0.25) is 0 Å². The van der Waals surface area contributed by atoms with Crippen LogP contribution in [0.15, 0.2) is 63.7 Å². The van der Waals surface area contributed by atoms with Crippen molar-refractivity contribution in [1.82, 2.24) is 0 Å². The van der Waals surface area contributed by atoms with Gasteiger partial charge in [0.15, 0.2) is 0 Å². The number of benzene rings is 2. The molecule has 0 fully saturated rings. The Morgan fingerprint density at radius 2 is 1.43 bits per heavy atom. The predicted octanol–water partition coefficient (Wildman–Crippen LogP) is 5.30. The van der Waals surface area contributed by atoms with Crippen molar-refractivity contribution >= 4 is 29.1 Å². The molecule has 1 N–H and O–H groups in total. The molecule has 0 saturated carbocycles. The molecule has 0 spiro atoms. The first-order valence-electron chi connectivity index (χ1n) is 6.56. The molecular weight excluding hydrogens is 284 g/mol. The molecule has 0 amide bonds. The van der Waals surface area contributed by atoms with E-state index in [2.05, 4.69) is 24.1 Å². The van der Waals surface area contributed by atoms with Crippen LogP contribution in [0.1, 0.15) is 24.2 Å². The zero-order chi connectivity index (χ0) is 15.2. The number of thioether (sulfide) groups is 1. The third-order valence-corrected chi connectivity index (χ3v) is 3.62. The number of hydrogen-bond donors (Lipinski definition) is 1. The molecule has 0 atom stereocenters. The number of carbonyl (C=O) groups is 1. The molecule has 0 saturated heterocycles. The lowest BCUT2D eigenvalue weighted by Crippen LogP contribution is -1.93. The highest BCUT2D eigenvalue weighted by molar-refractivity contribution is 7.99. The summed E-state index contributed by atoms with van der Waals surface area (Å²) < 4.78 is 0. The third kappa shape index (κ3) is 4.72. The van der Waals surface area contributed by atoms with E-state index in [1.165, 1.54) is 17.0 Å². The maximum atomic E-state index is 10.7. The normalized spacial score (nSPS) is 11.2. The number of azo groups is 1. The Kier molecular flexibility index (Phi) is 5.11. The fraction of sp³-hybridized carbons (Fsp3) is 0.188. The molecule has 0 radical (unpaired) electrons. The number of hydrogen-bond acceptors (Lipinski definition) is 4. The lowest BCUT2D eigenvalue weighted by molar-refractivity contribution is 0.0697. The van der Waals surface area contributed by atoms with E-state index in [1.54, 1.807) is 23.9 Å². The molecule has 0 heterocycles. The lowest BCUT2D eigenvalue weighted by atomic mass is 10.2. The summed E-state index contributed by atoms with van der Waals surface area (Å²) in [5.41, 5.74) is 1.63. The van der Waals surface area contributed by atoms with E-state index < -0.39 is 5.97 Å². The van der Waals surface area contributed by atoms with Crippen molar-refractivity contribution in [3.05, 3.63) is 54.1 Å². The summed E-state index contributed by atoms with van der Waals surface area (Å²) in [4.78, 5) is 11.9. The largest absolute Gasteiger partial charge is 0.478 e. The second-order valence-electron chi connectivity index (χ2n) is 4.71. The van der Waals surface area contributed by atoms with Crippen molar-refractivity contribution in [3.63, 3.8) is 0 Å². The molecule has 0 aliphatic heterocycles. The number of nitrogens with zero attached hydrogens (tertiary/aromatic N) is 2. The Labute approximate surface area is 127 Å². The molecule has 2 aromatic rings. The zero-order valence-corrected chi connectivity index (χ0v) is 12.7. The molecule has 21 heavy (non-hydrogen) atoms. The highest BCUT2D eigenvalue weighted by Gasteiger charge is 2.01. The van der Waals surface area contributed by atoms with Gasteiger partial charge in [0.1, 0.15) is 0 Å². The van der Waals surface area contributed by atoms with Gasteiger partial charge in [0.25, 0.3) is 0 Å². The van der Waals surface area contributed by atoms with E-state index in [9.17, 15) is 4.79 Å². The molecule has 5 heteroatoms. The topological polar surface area (TPSA) is 62.0 Å². The van der Waals surface area contributed by atoms with Gasteiger partial charge < -0.3 is 5.11 Å². The number of carboxylic acid groups (broad SMARTS) is 1. The smallest absolute Gasteiger partial charge is 0.335 e. The first-order valence-corrected chi connectivity index (χ1v) is 7.44. The maximum absolute atomic E-state index is 10.7. The van der Waals surface area contributed by atoms with Crippen LogP contribution in [0.5, 0.6) is 0 Å². The SMILES string of the molecule is CC(C)Sc1ccc(N=Nc2ccc(C(=O)O)cc2)cc1. The average molecular weight is 300 g/mol. The Balaban J connectivity index is 2.05. The van der Waals surface area contributed by atoms with Crippen LogP contribution in [0.25, 0.3) is 0 Å². The van der Waals surface area contributed by atoms with Crippen LogP contribution in [-0.4, -0.2) is 16.3 Å². The molecule has 0 aliphatic rings. The Hall–Kier alpha value is -2.14. The number of carboxylic acids is 1. The van der Waals surface area contributed by atoms with E-state index in [0.717, 1.165) is 5.69 Å². The van der Waals surface area contributed by atoms with Gasteiger partial charge in [0.05, 0.1) is 16.9 Å². The van der Waals surface area contributed by atoms with Crippen molar-refractivity contribution in [2.24, 2.45) is 10.2 Å². The van der Waals surface area contributed by atoms with Gasteiger partial charge in [-0.2, -0.15) is 10.2 Å². The van der Waals surface area contributed by atoms with Gasteiger partial charge in [-0.05, 0) is 48.5 Å². The van der Waals surface area contributed by atoms with Crippen LogP contribution in [0.2, 0.25) is 0 Å². The molecule has 0 aromatic heterocycles. The van der Waals surface area contributed by atoms with Crippen LogP contribution >= 0.6 is 11.8 Å². The third-order valence-electron chi connectivity index (χ3n) is 2.60. The minimum atomic E-state index is -0.947. The number of aromatic carboxylic acids is 1. The quantitative estimate of drug-likeness (QED) is 0.602. The highest BCUT2D eigenvalue weighted by Crippen LogP contribution is 2.26. The van der Waals surface area contributed by atoms with Gasteiger partial charge in [-0.25, -0.2) is 4.79 Å². The Bertz CT molecular complexity index is 634. The van der Waals surface area contributed by atoms with Crippen molar-refractivity contribution in [3.8, 4) is 0 Å². The summed E-state index contributed by atoms with van der Waals surface area (Å²) >= 11 is 1.80. The first-order chi connectivity index (χ1) is 10.0. The van der Waals surface area contributed by atoms with Crippen molar-refractivity contribution in [2.75, 3.05) is 0 Å².